The number of halogens is 3. The Balaban J connectivity index is 1.57. The number of nitrogens with one attached hydrogen (secondary N) is 3. The molecule has 6 nitrogen and oxygen atoms in total. The predicted octanol–water partition coefficient (Wildman–Crippen LogP) is 5.51. The minimum Gasteiger partial charge on any atom is -0.324 e. The molecule has 2 aromatic heterocycles. The van der Waals surface area contributed by atoms with E-state index in [-0.39, 0.29) is 16.6 Å². The van der Waals surface area contributed by atoms with Gasteiger partial charge in [-0.1, -0.05) is 17.7 Å². The molecular weight excluding hydrogens is 449 g/mol. The third-order valence-corrected chi connectivity index (χ3v) is 4.70. The molecule has 0 aliphatic carbocycles. The first kappa shape index (κ1) is 18.4. The van der Waals surface area contributed by atoms with E-state index < -0.39 is 5.82 Å². The van der Waals surface area contributed by atoms with Crippen LogP contribution in [0.3, 0.4) is 0 Å². The van der Waals surface area contributed by atoms with E-state index in [1.54, 1.807) is 42.6 Å². The number of imidazole rings is 1. The lowest BCUT2D eigenvalue weighted by atomic mass is 10.2. The quantitative estimate of drug-likeness (QED) is 0.375. The number of pyridine rings is 1. The fraction of sp³-hybridized carbons (Fsp3) is 0. The predicted molar refractivity (Wildman–Crippen MR) is 111 cm³/mol. The van der Waals surface area contributed by atoms with E-state index in [1.807, 2.05) is 0 Å². The Bertz CT molecular complexity index is 1160. The molecule has 0 saturated heterocycles. The van der Waals surface area contributed by atoms with Crippen molar-refractivity contribution in [2.45, 2.75) is 0 Å². The first-order chi connectivity index (χ1) is 13.5. The van der Waals surface area contributed by atoms with Crippen molar-refractivity contribution in [3.8, 4) is 0 Å². The molecule has 0 spiro atoms. The maximum absolute atomic E-state index is 13.9. The lowest BCUT2D eigenvalue weighted by Gasteiger charge is -2.06. The highest BCUT2D eigenvalue weighted by Gasteiger charge is 2.12. The molecule has 28 heavy (non-hydrogen) atoms. The van der Waals surface area contributed by atoms with Gasteiger partial charge in [-0.2, -0.15) is 0 Å². The second-order valence-electron chi connectivity index (χ2n) is 5.85. The number of carbonyl (C=O) groups excluding carboxylic acids is 1. The van der Waals surface area contributed by atoms with E-state index in [4.69, 9.17) is 11.6 Å². The van der Waals surface area contributed by atoms with Gasteiger partial charge in [-0.15, -0.1) is 0 Å². The number of hydrogen-bond donors (Lipinski definition) is 3. The Morgan fingerprint density at radius 1 is 1.18 bits per heavy atom. The third-order valence-electron chi connectivity index (χ3n) is 3.92. The van der Waals surface area contributed by atoms with Crippen molar-refractivity contribution in [1.29, 1.82) is 0 Å². The van der Waals surface area contributed by atoms with E-state index >= 15 is 0 Å². The molecule has 0 aliphatic heterocycles. The number of carbonyl (C=O) groups is 1. The van der Waals surface area contributed by atoms with Crippen LogP contribution in [0, 0.1) is 5.82 Å². The third kappa shape index (κ3) is 3.83. The van der Waals surface area contributed by atoms with Crippen LogP contribution in [0.25, 0.3) is 11.0 Å². The second kappa shape index (κ2) is 7.57. The van der Waals surface area contributed by atoms with E-state index in [1.165, 1.54) is 12.1 Å². The number of rotatable bonds is 4. The number of aromatic nitrogens is 3. The zero-order valence-corrected chi connectivity index (χ0v) is 16.5. The number of benzene rings is 2. The van der Waals surface area contributed by atoms with Crippen LogP contribution in [0.4, 0.5) is 21.8 Å². The standard InChI is InChI=1S/C19H12BrClFN5O/c20-11-5-7-16(23-9-11)26-18(28)10-4-6-14-15(8-10)25-19(24-14)27-17-12(21)2-1-3-13(17)22/h1-9H,(H,23,26,28)(H2,24,25,27). The van der Waals surface area contributed by atoms with Crippen molar-refractivity contribution in [2.75, 3.05) is 10.6 Å². The largest absolute Gasteiger partial charge is 0.324 e. The molecule has 0 unspecified atom stereocenters. The van der Waals surface area contributed by atoms with Crippen molar-refractivity contribution in [2.24, 2.45) is 0 Å². The van der Waals surface area contributed by atoms with Gasteiger partial charge in [-0.25, -0.2) is 14.4 Å². The molecule has 0 aliphatic rings. The monoisotopic (exact) mass is 459 g/mol. The van der Waals surface area contributed by atoms with Gasteiger partial charge in [0.2, 0.25) is 5.95 Å². The number of fused-ring (bicyclic) bond motifs is 1. The summed E-state index contributed by atoms with van der Waals surface area (Å²) < 4.78 is 14.8. The number of aromatic amines is 1. The van der Waals surface area contributed by atoms with E-state index in [0.29, 0.717) is 28.4 Å². The highest BCUT2D eigenvalue weighted by atomic mass is 79.9. The summed E-state index contributed by atoms with van der Waals surface area (Å²) in [5, 5.41) is 5.80. The number of hydrogen-bond acceptors (Lipinski definition) is 4. The van der Waals surface area contributed by atoms with Gasteiger partial charge in [0.05, 0.1) is 21.7 Å². The summed E-state index contributed by atoms with van der Waals surface area (Å²) in [5.74, 6) is -0.0448. The van der Waals surface area contributed by atoms with Gasteiger partial charge in [0.15, 0.2) is 0 Å². The summed E-state index contributed by atoms with van der Waals surface area (Å²) in [7, 11) is 0. The molecule has 0 radical (unpaired) electrons. The van der Waals surface area contributed by atoms with Gasteiger partial charge < -0.3 is 15.6 Å². The maximum Gasteiger partial charge on any atom is 0.256 e. The first-order valence-corrected chi connectivity index (χ1v) is 9.30. The summed E-state index contributed by atoms with van der Waals surface area (Å²) >= 11 is 9.32. The Morgan fingerprint density at radius 2 is 2.04 bits per heavy atom. The molecule has 9 heteroatoms. The van der Waals surface area contributed by atoms with Gasteiger partial charge in [0.25, 0.3) is 5.91 Å². The second-order valence-corrected chi connectivity index (χ2v) is 7.18. The van der Waals surface area contributed by atoms with Crippen LogP contribution in [-0.4, -0.2) is 20.9 Å². The van der Waals surface area contributed by atoms with E-state index in [0.717, 1.165) is 4.47 Å². The molecule has 4 aromatic rings. The summed E-state index contributed by atoms with van der Waals surface area (Å²) in [4.78, 5) is 23.9. The molecule has 0 bridgehead atoms. The van der Waals surface area contributed by atoms with Crippen LogP contribution in [0.5, 0.6) is 0 Å². The Labute approximate surface area is 172 Å². The normalized spacial score (nSPS) is 10.8. The molecule has 0 fully saturated rings. The topological polar surface area (TPSA) is 82.7 Å². The lowest BCUT2D eigenvalue weighted by molar-refractivity contribution is 0.102. The minimum absolute atomic E-state index is 0.127. The fourth-order valence-electron chi connectivity index (χ4n) is 2.58. The number of para-hydroxylation sites is 1. The summed E-state index contributed by atoms with van der Waals surface area (Å²) in [6, 6.07) is 12.9. The van der Waals surface area contributed by atoms with Crippen molar-refractivity contribution < 1.29 is 9.18 Å². The molecule has 140 valence electrons. The van der Waals surface area contributed by atoms with Crippen LogP contribution in [0.1, 0.15) is 10.4 Å². The average Bonchev–Trinajstić information content (AvgIpc) is 3.08. The highest BCUT2D eigenvalue weighted by molar-refractivity contribution is 9.10. The summed E-state index contributed by atoms with van der Waals surface area (Å²) in [6.45, 7) is 0. The smallest absolute Gasteiger partial charge is 0.256 e. The van der Waals surface area contributed by atoms with Gasteiger partial charge in [-0.05, 0) is 58.4 Å². The molecule has 3 N–H and O–H groups in total. The number of H-pyrrole nitrogens is 1. The van der Waals surface area contributed by atoms with Crippen LogP contribution in [0.15, 0.2) is 59.2 Å². The SMILES string of the molecule is O=C(Nc1ccc(Br)cn1)c1ccc2nc(Nc3c(F)cccc3Cl)[nH]c2c1. The van der Waals surface area contributed by atoms with Crippen LogP contribution in [0.2, 0.25) is 5.02 Å². The molecule has 0 atom stereocenters. The Morgan fingerprint density at radius 3 is 2.79 bits per heavy atom. The number of anilines is 3. The number of nitrogens with zero attached hydrogens (tertiary/aromatic N) is 2. The van der Waals surface area contributed by atoms with Crippen molar-refractivity contribution in [1.82, 2.24) is 15.0 Å². The van der Waals surface area contributed by atoms with Crippen molar-refractivity contribution in [3.05, 3.63) is 75.6 Å². The Hall–Kier alpha value is -2.97. The molecule has 4 rings (SSSR count). The van der Waals surface area contributed by atoms with Gasteiger partial charge in [-0.3, -0.25) is 4.79 Å². The molecule has 2 aromatic carbocycles. The summed E-state index contributed by atoms with van der Waals surface area (Å²) in [6.07, 6.45) is 1.60. The van der Waals surface area contributed by atoms with Gasteiger partial charge >= 0.3 is 0 Å². The van der Waals surface area contributed by atoms with E-state index in [9.17, 15) is 9.18 Å². The van der Waals surface area contributed by atoms with Crippen molar-refractivity contribution >= 4 is 61.9 Å². The zero-order chi connectivity index (χ0) is 19.7. The first-order valence-electron chi connectivity index (χ1n) is 8.13. The van der Waals surface area contributed by atoms with Crippen LogP contribution in [-0.2, 0) is 0 Å². The van der Waals surface area contributed by atoms with Crippen LogP contribution < -0.4 is 10.6 Å². The number of amides is 1. The van der Waals surface area contributed by atoms with Crippen molar-refractivity contribution in [3.63, 3.8) is 0 Å². The highest BCUT2D eigenvalue weighted by Crippen LogP contribution is 2.28. The van der Waals surface area contributed by atoms with Gasteiger partial charge in [0, 0.05) is 16.2 Å². The fourth-order valence-corrected chi connectivity index (χ4v) is 3.03. The molecule has 2 heterocycles. The molecule has 0 saturated carbocycles. The minimum atomic E-state index is -0.491. The molecule has 1 amide bonds. The van der Waals surface area contributed by atoms with Gasteiger partial charge in [0.1, 0.15) is 11.6 Å². The average molecular weight is 461 g/mol. The lowest BCUT2D eigenvalue weighted by Crippen LogP contribution is -2.12. The van der Waals surface area contributed by atoms with E-state index in [2.05, 4.69) is 41.5 Å². The Kier molecular flexibility index (Phi) is 4.97. The maximum atomic E-state index is 13.9. The zero-order valence-electron chi connectivity index (χ0n) is 14.1. The summed E-state index contributed by atoms with van der Waals surface area (Å²) in [5.41, 5.74) is 1.79. The molecular formula is C19H12BrClFN5O. The van der Waals surface area contributed by atoms with Crippen LogP contribution >= 0.6 is 27.5 Å².